The van der Waals surface area contributed by atoms with E-state index in [1.807, 2.05) is 37.3 Å². The van der Waals surface area contributed by atoms with E-state index in [-0.39, 0.29) is 29.7 Å². The van der Waals surface area contributed by atoms with Gasteiger partial charge < -0.3 is 15.4 Å². The molecular weight excluding hydrogens is 447 g/mol. The first-order valence-electron chi connectivity index (χ1n) is 8.01. The molecule has 0 radical (unpaired) electrons. The molecule has 0 aliphatic rings. The second-order valence-corrected chi connectivity index (χ2v) is 5.33. The fourth-order valence-corrected chi connectivity index (χ4v) is 2.25. The molecule has 7 nitrogen and oxygen atoms in total. The average Bonchev–Trinajstić information content (AvgIpc) is 2.64. The zero-order valence-corrected chi connectivity index (χ0v) is 17.1. The second kappa shape index (κ2) is 11.3. The molecule has 0 aliphatic carbocycles. The summed E-state index contributed by atoms with van der Waals surface area (Å²) in [5.74, 6) is 1.45. The molecule has 8 heteroatoms. The summed E-state index contributed by atoms with van der Waals surface area (Å²) < 4.78 is 5.22. The number of nitro benzene ring substituents is 1. The van der Waals surface area contributed by atoms with Gasteiger partial charge in [0.15, 0.2) is 5.96 Å². The van der Waals surface area contributed by atoms with Crippen molar-refractivity contribution in [3.05, 3.63) is 69.8 Å². The van der Waals surface area contributed by atoms with Gasteiger partial charge in [-0.15, -0.1) is 24.0 Å². The molecule has 0 bridgehead atoms. The Bertz CT molecular complexity index is 753. The van der Waals surface area contributed by atoms with Crippen LogP contribution in [0.15, 0.2) is 53.5 Å². The van der Waals surface area contributed by atoms with Crippen LogP contribution in [0.2, 0.25) is 0 Å². The minimum Gasteiger partial charge on any atom is -0.497 e. The molecule has 0 heterocycles. The molecule has 0 saturated carbocycles. The van der Waals surface area contributed by atoms with Crippen molar-refractivity contribution in [3.8, 4) is 5.75 Å². The number of nitrogens with one attached hydrogen (secondary N) is 2. The van der Waals surface area contributed by atoms with Crippen molar-refractivity contribution < 1.29 is 9.66 Å². The quantitative estimate of drug-likeness (QED) is 0.213. The summed E-state index contributed by atoms with van der Waals surface area (Å²) in [7, 11) is 1.64. The summed E-state index contributed by atoms with van der Waals surface area (Å²) in [6.45, 7) is 3.65. The predicted octanol–water partition coefficient (Wildman–Crippen LogP) is 3.48. The van der Waals surface area contributed by atoms with Gasteiger partial charge in [-0.25, -0.2) is 4.99 Å². The van der Waals surface area contributed by atoms with Gasteiger partial charge >= 0.3 is 0 Å². The van der Waals surface area contributed by atoms with Crippen molar-refractivity contribution in [2.75, 3.05) is 13.7 Å². The van der Waals surface area contributed by atoms with Crippen LogP contribution in [0.25, 0.3) is 0 Å². The number of nitrogens with zero attached hydrogens (tertiary/aromatic N) is 2. The molecule has 2 aromatic carbocycles. The Morgan fingerprint density at radius 1 is 1.15 bits per heavy atom. The zero-order chi connectivity index (χ0) is 18.1. The summed E-state index contributed by atoms with van der Waals surface area (Å²) >= 11 is 0. The van der Waals surface area contributed by atoms with Gasteiger partial charge in [-0.2, -0.15) is 0 Å². The van der Waals surface area contributed by atoms with Gasteiger partial charge in [0.1, 0.15) is 5.75 Å². The van der Waals surface area contributed by atoms with E-state index in [1.54, 1.807) is 13.2 Å². The first-order valence-corrected chi connectivity index (χ1v) is 8.01. The number of ether oxygens (including phenoxy) is 1. The van der Waals surface area contributed by atoms with Gasteiger partial charge in [-0.05, 0) is 30.2 Å². The first-order chi connectivity index (χ1) is 12.1. The second-order valence-electron chi connectivity index (χ2n) is 5.33. The lowest BCUT2D eigenvalue weighted by Crippen LogP contribution is -2.36. The molecule has 140 valence electrons. The van der Waals surface area contributed by atoms with Crippen LogP contribution >= 0.6 is 24.0 Å². The fraction of sp³-hybridized carbons (Fsp3) is 0.278. The Balaban J connectivity index is 0.00000338. The van der Waals surface area contributed by atoms with Crippen molar-refractivity contribution in [3.63, 3.8) is 0 Å². The topological polar surface area (TPSA) is 88.8 Å². The van der Waals surface area contributed by atoms with Gasteiger partial charge in [0.2, 0.25) is 0 Å². The number of hydrogen-bond acceptors (Lipinski definition) is 4. The molecule has 0 aromatic heterocycles. The Hall–Kier alpha value is -2.36. The zero-order valence-electron chi connectivity index (χ0n) is 14.8. The highest BCUT2D eigenvalue weighted by atomic mass is 127. The maximum Gasteiger partial charge on any atom is 0.269 e. The smallest absolute Gasteiger partial charge is 0.269 e. The molecule has 0 aliphatic heterocycles. The van der Waals surface area contributed by atoms with Gasteiger partial charge in [0.05, 0.1) is 18.6 Å². The molecule has 0 unspecified atom stereocenters. The summed E-state index contributed by atoms with van der Waals surface area (Å²) in [6, 6.07) is 14.3. The van der Waals surface area contributed by atoms with Crippen LogP contribution in [-0.4, -0.2) is 24.5 Å². The van der Waals surface area contributed by atoms with Crippen LogP contribution in [0.5, 0.6) is 5.75 Å². The fourth-order valence-electron chi connectivity index (χ4n) is 2.25. The molecule has 2 N–H and O–H groups in total. The van der Waals surface area contributed by atoms with Crippen molar-refractivity contribution in [1.29, 1.82) is 0 Å². The van der Waals surface area contributed by atoms with Crippen LogP contribution in [0, 0.1) is 10.1 Å². The van der Waals surface area contributed by atoms with E-state index < -0.39 is 4.92 Å². The number of methoxy groups -OCH3 is 1. The number of guanidine groups is 1. The maximum atomic E-state index is 10.8. The van der Waals surface area contributed by atoms with Gasteiger partial charge in [-0.3, -0.25) is 10.1 Å². The Kier molecular flexibility index (Phi) is 9.42. The van der Waals surface area contributed by atoms with E-state index in [9.17, 15) is 10.1 Å². The minimum atomic E-state index is -0.403. The van der Waals surface area contributed by atoms with Crippen molar-refractivity contribution >= 4 is 35.6 Å². The van der Waals surface area contributed by atoms with E-state index in [2.05, 4.69) is 15.6 Å². The molecule has 0 spiro atoms. The van der Waals surface area contributed by atoms with Crippen molar-refractivity contribution in [2.24, 2.45) is 4.99 Å². The lowest BCUT2D eigenvalue weighted by molar-refractivity contribution is -0.384. The third-order valence-electron chi connectivity index (χ3n) is 3.48. The average molecular weight is 470 g/mol. The van der Waals surface area contributed by atoms with Crippen LogP contribution in [0.1, 0.15) is 18.1 Å². The number of non-ortho nitro benzene ring substituents is 1. The molecule has 2 rings (SSSR count). The largest absolute Gasteiger partial charge is 0.497 e. The van der Waals surface area contributed by atoms with Crippen LogP contribution in [0.4, 0.5) is 5.69 Å². The molecule has 0 atom stereocenters. The lowest BCUT2D eigenvalue weighted by atomic mass is 10.2. The monoisotopic (exact) mass is 470 g/mol. The van der Waals surface area contributed by atoms with E-state index in [0.29, 0.717) is 19.0 Å². The number of nitro groups is 1. The Labute approximate surface area is 170 Å². The SMILES string of the molecule is CCNC(=NCc1cccc([N+](=O)[O-])c1)NCc1cccc(OC)c1.I. The number of halogens is 1. The number of benzene rings is 2. The maximum absolute atomic E-state index is 10.8. The highest BCUT2D eigenvalue weighted by molar-refractivity contribution is 14.0. The molecular formula is C18H23IN4O3. The summed E-state index contributed by atoms with van der Waals surface area (Å²) in [5.41, 5.74) is 1.93. The van der Waals surface area contributed by atoms with Gasteiger partial charge in [0.25, 0.3) is 5.69 Å². The molecule has 0 fully saturated rings. The number of aliphatic imine (C=N–C) groups is 1. The number of rotatable bonds is 7. The molecule has 0 saturated heterocycles. The molecule has 0 amide bonds. The van der Waals surface area contributed by atoms with Crippen LogP contribution < -0.4 is 15.4 Å². The van der Waals surface area contributed by atoms with E-state index in [4.69, 9.17) is 4.74 Å². The summed E-state index contributed by atoms with van der Waals surface area (Å²) in [4.78, 5) is 14.9. The highest BCUT2D eigenvalue weighted by Gasteiger charge is 2.05. The van der Waals surface area contributed by atoms with E-state index in [1.165, 1.54) is 12.1 Å². The highest BCUT2D eigenvalue weighted by Crippen LogP contribution is 2.14. The molecule has 2 aromatic rings. The van der Waals surface area contributed by atoms with Gasteiger partial charge in [-0.1, -0.05) is 24.3 Å². The summed E-state index contributed by atoms with van der Waals surface area (Å²) in [6.07, 6.45) is 0. The van der Waals surface area contributed by atoms with Crippen LogP contribution in [0.3, 0.4) is 0 Å². The summed E-state index contributed by atoms with van der Waals surface area (Å²) in [5, 5.41) is 17.2. The standard InChI is InChI=1S/C18H22N4O3.HI/c1-3-19-18(21-13-15-7-5-9-17(11-15)25-2)20-12-14-6-4-8-16(10-14)22(23)24;/h4-11H,3,12-13H2,1-2H3,(H2,19,20,21);1H. The normalized spacial score (nSPS) is 10.6. The van der Waals surface area contributed by atoms with Crippen molar-refractivity contribution in [1.82, 2.24) is 10.6 Å². The van der Waals surface area contributed by atoms with Gasteiger partial charge in [0, 0.05) is 25.2 Å². The van der Waals surface area contributed by atoms with Crippen LogP contribution in [-0.2, 0) is 13.1 Å². The number of hydrogen-bond donors (Lipinski definition) is 2. The Morgan fingerprint density at radius 2 is 1.88 bits per heavy atom. The Morgan fingerprint density at radius 3 is 2.58 bits per heavy atom. The third kappa shape index (κ3) is 6.87. The first kappa shape index (κ1) is 21.7. The predicted molar refractivity (Wildman–Crippen MR) is 113 cm³/mol. The third-order valence-corrected chi connectivity index (χ3v) is 3.48. The lowest BCUT2D eigenvalue weighted by Gasteiger charge is -2.12. The minimum absolute atomic E-state index is 0. The van der Waals surface area contributed by atoms with Crippen molar-refractivity contribution in [2.45, 2.75) is 20.0 Å². The van der Waals surface area contributed by atoms with E-state index >= 15 is 0 Å². The van der Waals surface area contributed by atoms with E-state index in [0.717, 1.165) is 23.4 Å². The molecule has 26 heavy (non-hydrogen) atoms.